The van der Waals surface area contributed by atoms with E-state index in [1.807, 2.05) is 6.20 Å². The molecule has 1 N–H and O–H groups in total. The van der Waals surface area contributed by atoms with Crippen LogP contribution in [0.2, 0.25) is 0 Å². The number of rotatable bonds is 5. The minimum absolute atomic E-state index is 0.505. The Balaban J connectivity index is 2.02. The standard InChI is InChI=1S/C11H17N3/c1-2-6-12-11(9-3-4-9)10-5-7-13-14-8-10/h5,7-9,11-12H,2-4,6H2,1H3. The average molecular weight is 191 g/mol. The Hall–Kier alpha value is -0.960. The summed E-state index contributed by atoms with van der Waals surface area (Å²) in [6, 6.07) is 2.57. The molecule has 1 aliphatic carbocycles. The zero-order valence-electron chi connectivity index (χ0n) is 8.61. The molecule has 1 fully saturated rings. The van der Waals surface area contributed by atoms with Gasteiger partial charge in [0.2, 0.25) is 0 Å². The quantitative estimate of drug-likeness (QED) is 0.772. The van der Waals surface area contributed by atoms with Crippen molar-refractivity contribution in [3.05, 3.63) is 24.0 Å². The van der Waals surface area contributed by atoms with Gasteiger partial charge in [0, 0.05) is 12.2 Å². The van der Waals surface area contributed by atoms with Crippen molar-refractivity contribution in [2.24, 2.45) is 5.92 Å². The molecular formula is C11H17N3. The Morgan fingerprint density at radius 3 is 2.93 bits per heavy atom. The van der Waals surface area contributed by atoms with E-state index in [0.717, 1.165) is 12.5 Å². The van der Waals surface area contributed by atoms with Gasteiger partial charge in [0.1, 0.15) is 0 Å². The Kier molecular flexibility index (Phi) is 3.09. The van der Waals surface area contributed by atoms with Gasteiger partial charge < -0.3 is 5.32 Å². The Bertz CT molecular complexity index is 269. The summed E-state index contributed by atoms with van der Waals surface area (Å²) in [6.45, 7) is 3.28. The Morgan fingerprint density at radius 2 is 2.36 bits per heavy atom. The molecule has 1 heterocycles. The average Bonchev–Trinajstić information content (AvgIpc) is 3.04. The van der Waals surface area contributed by atoms with Crippen LogP contribution in [0.4, 0.5) is 0 Å². The molecule has 0 bridgehead atoms. The van der Waals surface area contributed by atoms with Crippen LogP contribution >= 0.6 is 0 Å². The van der Waals surface area contributed by atoms with Gasteiger partial charge in [0.05, 0.1) is 6.20 Å². The largest absolute Gasteiger partial charge is 0.310 e. The fourth-order valence-electron chi connectivity index (χ4n) is 1.77. The molecule has 0 saturated heterocycles. The minimum Gasteiger partial charge on any atom is -0.310 e. The molecule has 1 saturated carbocycles. The Labute approximate surface area is 84.9 Å². The van der Waals surface area contributed by atoms with E-state index >= 15 is 0 Å². The number of nitrogens with zero attached hydrogens (tertiary/aromatic N) is 2. The smallest absolute Gasteiger partial charge is 0.0544 e. The summed E-state index contributed by atoms with van der Waals surface area (Å²) in [4.78, 5) is 0. The number of nitrogens with one attached hydrogen (secondary N) is 1. The highest BCUT2D eigenvalue weighted by molar-refractivity contribution is 5.14. The van der Waals surface area contributed by atoms with E-state index < -0.39 is 0 Å². The first kappa shape index (κ1) is 9.59. The maximum absolute atomic E-state index is 3.93. The van der Waals surface area contributed by atoms with E-state index in [2.05, 4.69) is 28.5 Å². The minimum atomic E-state index is 0.505. The SMILES string of the molecule is CCCNC(c1ccnnc1)C1CC1. The van der Waals surface area contributed by atoms with Crippen molar-refractivity contribution in [2.75, 3.05) is 6.54 Å². The van der Waals surface area contributed by atoms with Crippen molar-refractivity contribution in [3.8, 4) is 0 Å². The third kappa shape index (κ3) is 2.29. The van der Waals surface area contributed by atoms with Crippen molar-refractivity contribution in [2.45, 2.75) is 32.2 Å². The van der Waals surface area contributed by atoms with Crippen LogP contribution in [-0.2, 0) is 0 Å². The predicted molar refractivity (Wildman–Crippen MR) is 55.8 cm³/mol. The van der Waals surface area contributed by atoms with Crippen molar-refractivity contribution in [1.29, 1.82) is 0 Å². The van der Waals surface area contributed by atoms with Crippen molar-refractivity contribution >= 4 is 0 Å². The van der Waals surface area contributed by atoms with E-state index in [-0.39, 0.29) is 0 Å². The van der Waals surface area contributed by atoms with Gasteiger partial charge in [-0.25, -0.2) is 0 Å². The molecule has 1 atom stereocenters. The van der Waals surface area contributed by atoms with Gasteiger partial charge >= 0.3 is 0 Å². The van der Waals surface area contributed by atoms with Crippen molar-refractivity contribution in [1.82, 2.24) is 15.5 Å². The van der Waals surface area contributed by atoms with E-state index in [9.17, 15) is 0 Å². The molecule has 76 valence electrons. The molecule has 0 aromatic carbocycles. The molecule has 2 rings (SSSR count). The second kappa shape index (κ2) is 4.51. The van der Waals surface area contributed by atoms with Gasteiger partial charge in [-0.15, -0.1) is 0 Å². The lowest BCUT2D eigenvalue weighted by Crippen LogP contribution is -2.23. The van der Waals surface area contributed by atoms with Crippen LogP contribution in [0.3, 0.4) is 0 Å². The zero-order valence-corrected chi connectivity index (χ0v) is 8.61. The van der Waals surface area contributed by atoms with Crippen LogP contribution in [0.5, 0.6) is 0 Å². The predicted octanol–water partition coefficient (Wildman–Crippen LogP) is 1.93. The fourth-order valence-corrected chi connectivity index (χ4v) is 1.77. The third-order valence-corrected chi connectivity index (χ3v) is 2.67. The van der Waals surface area contributed by atoms with Crippen molar-refractivity contribution in [3.63, 3.8) is 0 Å². The summed E-state index contributed by atoms with van der Waals surface area (Å²) in [7, 11) is 0. The molecular weight excluding hydrogens is 174 g/mol. The second-order valence-electron chi connectivity index (χ2n) is 3.95. The van der Waals surface area contributed by atoms with E-state index in [1.165, 1.54) is 24.8 Å². The maximum Gasteiger partial charge on any atom is 0.0544 e. The third-order valence-electron chi connectivity index (χ3n) is 2.67. The van der Waals surface area contributed by atoms with Crippen LogP contribution < -0.4 is 5.32 Å². The first-order chi connectivity index (χ1) is 6.92. The molecule has 0 radical (unpaired) electrons. The number of aromatic nitrogens is 2. The second-order valence-corrected chi connectivity index (χ2v) is 3.95. The zero-order chi connectivity index (χ0) is 9.80. The normalized spacial score (nSPS) is 18.1. The molecule has 3 nitrogen and oxygen atoms in total. The van der Waals surface area contributed by atoms with E-state index in [1.54, 1.807) is 6.20 Å². The van der Waals surface area contributed by atoms with Crippen LogP contribution in [0.1, 0.15) is 37.8 Å². The van der Waals surface area contributed by atoms with Crippen LogP contribution in [-0.4, -0.2) is 16.7 Å². The summed E-state index contributed by atoms with van der Waals surface area (Å²) in [5.74, 6) is 0.825. The lowest BCUT2D eigenvalue weighted by Gasteiger charge is -2.17. The van der Waals surface area contributed by atoms with Crippen LogP contribution in [0.25, 0.3) is 0 Å². The highest BCUT2D eigenvalue weighted by Crippen LogP contribution is 2.40. The van der Waals surface area contributed by atoms with Gasteiger partial charge in [-0.05, 0) is 43.4 Å². The first-order valence-electron chi connectivity index (χ1n) is 5.41. The van der Waals surface area contributed by atoms with Crippen LogP contribution in [0.15, 0.2) is 18.5 Å². The molecule has 3 heteroatoms. The summed E-state index contributed by atoms with van der Waals surface area (Å²) in [5, 5.41) is 11.3. The first-order valence-corrected chi connectivity index (χ1v) is 5.41. The summed E-state index contributed by atoms with van der Waals surface area (Å²) < 4.78 is 0. The molecule has 1 aromatic heterocycles. The lowest BCUT2D eigenvalue weighted by molar-refractivity contribution is 0.479. The van der Waals surface area contributed by atoms with Gasteiger partial charge in [-0.1, -0.05) is 6.92 Å². The highest BCUT2D eigenvalue weighted by Gasteiger charge is 2.31. The highest BCUT2D eigenvalue weighted by atomic mass is 15.1. The molecule has 14 heavy (non-hydrogen) atoms. The van der Waals surface area contributed by atoms with Crippen LogP contribution in [0, 0.1) is 5.92 Å². The molecule has 0 spiro atoms. The van der Waals surface area contributed by atoms with E-state index in [0.29, 0.717) is 6.04 Å². The summed E-state index contributed by atoms with van der Waals surface area (Å²) >= 11 is 0. The molecule has 1 aromatic rings. The topological polar surface area (TPSA) is 37.8 Å². The van der Waals surface area contributed by atoms with E-state index in [4.69, 9.17) is 0 Å². The number of hydrogen-bond acceptors (Lipinski definition) is 3. The maximum atomic E-state index is 3.93. The molecule has 1 aliphatic rings. The van der Waals surface area contributed by atoms with Gasteiger partial charge in [-0.3, -0.25) is 0 Å². The Morgan fingerprint density at radius 1 is 1.50 bits per heavy atom. The lowest BCUT2D eigenvalue weighted by atomic mass is 10.1. The van der Waals surface area contributed by atoms with Crippen molar-refractivity contribution < 1.29 is 0 Å². The van der Waals surface area contributed by atoms with Gasteiger partial charge in [-0.2, -0.15) is 10.2 Å². The summed E-state index contributed by atoms with van der Waals surface area (Å²) in [6.07, 6.45) is 7.54. The molecule has 0 amide bonds. The molecule has 1 unspecified atom stereocenters. The molecule has 0 aliphatic heterocycles. The van der Waals surface area contributed by atoms with Gasteiger partial charge in [0.15, 0.2) is 0 Å². The fraction of sp³-hybridized carbons (Fsp3) is 0.636. The summed E-state index contributed by atoms with van der Waals surface area (Å²) in [5.41, 5.74) is 1.29. The number of hydrogen-bond donors (Lipinski definition) is 1. The monoisotopic (exact) mass is 191 g/mol. The van der Waals surface area contributed by atoms with Gasteiger partial charge in [0.25, 0.3) is 0 Å².